The summed E-state index contributed by atoms with van der Waals surface area (Å²) in [5, 5.41) is 3.84. The van der Waals surface area contributed by atoms with Crippen molar-refractivity contribution in [1.82, 2.24) is 5.32 Å². The number of nitrogens with zero attached hydrogens (tertiary/aromatic N) is 1. The SMILES string of the molecule is CCOCCCNC(N)=NCC1(c2cc(Cl)ccc2OC)CCOCC1.I. The quantitative estimate of drug-likeness (QED) is 0.230. The number of halogens is 2. The Balaban J connectivity index is 0.00000364. The Labute approximate surface area is 184 Å². The lowest BCUT2D eigenvalue weighted by molar-refractivity contribution is 0.0523. The van der Waals surface area contributed by atoms with Gasteiger partial charge in [0, 0.05) is 49.0 Å². The van der Waals surface area contributed by atoms with Crippen LogP contribution in [-0.4, -0.2) is 52.6 Å². The van der Waals surface area contributed by atoms with Gasteiger partial charge in [0.25, 0.3) is 0 Å². The molecule has 0 aliphatic carbocycles. The molecule has 0 bridgehead atoms. The van der Waals surface area contributed by atoms with Gasteiger partial charge >= 0.3 is 0 Å². The lowest BCUT2D eigenvalue weighted by atomic mass is 9.73. The fourth-order valence-electron chi connectivity index (χ4n) is 3.20. The molecule has 0 spiro atoms. The van der Waals surface area contributed by atoms with Crippen LogP contribution >= 0.6 is 35.6 Å². The van der Waals surface area contributed by atoms with Gasteiger partial charge in [-0.15, -0.1) is 24.0 Å². The lowest BCUT2D eigenvalue weighted by Gasteiger charge is -2.37. The minimum atomic E-state index is -0.188. The number of nitrogens with two attached hydrogens (primary N) is 1. The van der Waals surface area contributed by atoms with Crippen molar-refractivity contribution in [2.75, 3.05) is 46.6 Å². The van der Waals surface area contributed by atoms with Gasteiger partial charge in [-0.05, 0) is 44.4 Å². The molecule has 0 aromatic heterocycles. The van der Waals surface area contributed by atoms with E-state index in [9.17, 15) is 0 Å². The molecular weight excluding hydrogens is 481 g/mol. The Bertz CT molecular complexity index is 596. The number of hydrogen-bond acceptors (Lipinski definition) is 4. The zero-order valence-electron chi connectivity index (χ0n) is 16.1. The number of methoxy groups -OCH3 is 1. The van der Waals surface area contributed by atoms with Crippen LogP contribution in [0.5, 0.6) is 5.75 Å². The van der Waals surface area contributed by atoms with E-state index in [4.69, 9.17) is 31.5 Å². The van der Waals surface area contributed by atoms with Gasteiger partial charge in [-0.25, -0.2) is 0 Å². The molecule has 0 amide bonds. The predicted molar refractivity (Wildman–Crippen MR) is 121 cm³/mol. The van der Waals surface area contributed by atoms with Crippen LogP contribution in [0, 0.1) is 0 Å². The third-order valence-electron chi connectivity index (χ3n) is 4.71. The number of aliphatic imine (C=N–C) groups is 1. The van der Waals surface area contributed by atoms with Gasteiger partial charge in [0.1, 0.15) is 5.75 Å². The molecule has 3 N–H and O–H groups in total. The van der Waals surface area contributed by atoms with Gasteiger partial charge < -0.3 is 25.3 Å². The van der Waals surface area contributed by atoms with E-state index in [1.807, 2.05) is 25.1 Å². The number of rotatable bonds is 9. The minimum Gasteiger partial charge on any atom is -0.496 e. The summed E-state index contributed by atoms with van der Waals surface area (Å²) in [6, 6.07) is 5.73. The summed E-state index contributed by atoms with van der Waals surface area (Å²) in [5.74, 6) is 1.28. The molecule has 0 unspecified atom stereocenters. The van der Waals surface area contributed by atoms with E-state index < -0.39 is 0 Å². The van der Waals surface area contributed by atoms with E-state index in [0.717, 1.165) is 50.3 Å². The third-order valence-corrected chi connectivity index (χ3v) is 4.95. The van der Waals surface area contributed by atoms with Crippen LogP contribution in [0.2, 0.25) is 5.02 Å². The van der Waals surface area contributed by atoms with Crippen molar-refractivity contribution in [3.63, 3.8) is 0 Å². The molecule has 8 heteroatoms. The Kier molecular flexibility index (Phi) is 11.4. The fourth-order valence-corrected chi connectivity index (χ4v) is 3.37. The van der Waals surface area contributed by atoms with Crippen LogP contribution in [0.4, 0.5) is 0 Å². The maximum absolute atomic E-state index is 6.26. The average molecular weight is 512 g/mol. The normalized spacial score (nSPS) is 16.5. The second-order valence-electron chi connectivity index (χ2n) is 6.42. The van der Waals surface area contributed by atoms with Crippen molar-refractivity contribution in [2.45, 2.75) is 31.6 Å². The first kappa shape index (κ1) is 24.3. The predicted octanol–water partition coefficient (Wildman–Crippen LogP) is 3.35. The van der Waals surface area contributed by atoms with Crippen molar-refractivity contribution in [2.24, 2.45) is 10.7 Å². The average Bonchev–Trinajstić information content (AvgIpc) is 2.67. The molecule has 1 saturated heterocycles. The molecule has 1 aromatic rings. The van der Waals surface area contributed by atoms with Gasteiger partial charge in [0.15, 0.2) is 5.96 Å². The molecular formula is C19H31ClIN3O3. The minimum absolute atomic E-state index is 0. The monoisotopic (exact) mass is 511 g/mol. The highest BCUT2D eigenvalue weighted by molar-refractivity contribution is 14.0. The molecule has 1 aromatic carbocycles. The van der Waals surface area contributed by atoms with E-state index in [0.29, 0.717) is 30.7 Å². The Morgan fingerprint density at radius 3 is 2.78 bits per heavy atom. The zero-order chi connectivity index (χ0) is 18.8. The largest absolute Gasteiger partial charge is 0.496 e. The Morgan fingerprint density at radius 1 is 1.37 bits per heavy atom. The van der Waals surface area contributed by atoms with Gasteiger partial charge in [-0.2, -0.15) is 0 Å². The van der Waals surface area contributed by atoms with Crippen LogP contribution in [-0.2, 0) is 14.9 Å². The number of guanidine groups is 1. The summed E-state index contributed by atoms with van der Waals surface area (Å²) < 4.78 is 16.5. The third kappa shape index (κ3) is 7.29. The van der Waals surface area contributed by atoms with Gasteiger partial charge in [-0.3, -0.25) is 4.99 Å². The molecule has 1 aliphatic rings. The highest BCUT2D eigenvalue weighted by Crippen LogP contribution is 2.41. The van der Waals surface area contributed by atoms with Crippen LogP contribution < -0.4 is 15.8 Å². The summed E-state index contributed by atoms with van der Waals surface area (Å²) in [5.41, 5.74) is 6.94. The van der Waals surface area contributed by atoms with E-state index in [-0.39, 0.29) is 29.4 Å². The maximum Gasteiger partial charge on any atom is 0.188 e. The number of hydrogen-bond donors (Lipinski definition) is 2. The summed E-state index contributed by atoms with van der Waals surface area (Å²) in [4.78, 5) is 4.61. The van der Waals surface area contributed by atoms with Gasteiger partial charge in [0.05, 0.1) is 13.7 Å². The molecule has 27 heavy (non-hydrogen) atoms. The smallest absolute Gasteiger partial charge is 0.188 e. The molecule has 154 valence electrons. The first-order valence-electron chi connectivity index (χ1n) is 9.14. The van der Waals surface area contributed by atoms with Crippen molar-refractivity contribution in [3.8, 4) is 5.75 Å². The number of ether oxygens (including phenoxy) is 3. The standard InChI is InChI=1S/C19H30ClN3O3.HI/c1-3-25-10-4-9-22-18(21)23-14-19(7-11-26-12-8-19)16-13-15(20)5-6-17(16)24-2;/h5-6,13H,3-4,7-12,14H2,1-2H3,(H3,21,22,23);1H. The summed E-state index contributed by atoms with van der Waals surface area (Å²) in [6.07, 6.45) is 2.60. The maximum atomic E-state index is 6.26. The Morgan fingerprint density at radius 2 is 2.11 bits per heavy atom. The van der Waals surface area contributed by atoms with Crippen molar-refractivity contribution in [3.05, 3.63) is 28.8 Å². The van der Waals surface area contributed by atoms with Crippen LogP contribution in [0.25, 0.3) is 0 Å². The second-order valence-corrected chi connectivity index (χ2v) is 6.85. The molecule has 6 nitrogen and oxygen atoms in total. The van der Waals surface area contributed by atoms with Crippen molar-refractivity contribution in [1.29, 1.82) is 0 Å². The fraction of sp³-hybridized carbons (Fsp3) is 0.632. The van der Waals surface area contributed by atoms with Crippen molar-refractivity contribution >= 4 is 41.5 Å². The Hall–Kier alpha value is -0.770. The van der Waals surface area contributed by atoms with Gasteiger partial charge in [0.2, 0.25) is 0 Å². The molecule has 0 radical (unpaired) electrons. The molecule has 2 rings (SSSR count). The van der Waals surface area contributed by atoms with Crippen LogP contribution in [0.1, 0.15) is 31.7 Å². The first-order chi connectivity index (χ1) is 12.6. The molecule has 1 aliphatic heterocycles. The molecule has 1 fully saturated rings. The molecule has 0 saturated carbocycles. The van der Waals surface area contributed by atoms with Gasteiger partial charge in [-0.1, -0.05) is 11.6 Å². The second kappa shape index (κ2) is 12.6. The summed E-state index contributed by atoms with van der Waals surface area (Å²) in [6.45, 7) is 6.12. The highest BCUT2D eigenvalue weighted by atomic mass is 127. The number of benzene rings is 1. The first-order valence-corrected chi connectivity index (χ1v) is 9.52. The molecule has 1 heterocycles. The van der Waals surface area contributed by atoms with E-state index in [2.05, 4.69) is 10.3 Å². The summed E-state index contributed by atoms with van der Waals surface area (Å²) >= 11 is 6.26. The molecule has 0 atom stereocenters. The summed E-state index contributed by atoms with van der Waals surface area (Å²) in [7, 11) is 1.68. The highest BCUT2D eigenvalue weighted by Gasteiger charge is 2.37. The van der Waals surface area contributed by atoms with E-state index >= 15 is 0 Å². The van der Waals surface area contributed by atoms with E-state index in [1.54, 1.807) is 7.11 Å². The van der Waals surface area contributed by atoms with Crippen LogP contribution in [0.15, 0.2) is 23.2 Å². The topological polar surface area (TPSA) is 78.1 Å². The van der Waals surface area contributed by atoms with Crippen LogP contribution in [0.3, 0.4) is 0 Å². The van der Waals surface area contributed by atoms with E-state index in [1.165, 1.54) is 0 Å². The zero-order valence-corrected chi connectivity index (χ0v) is 19.2. The number of nitrogens with one attached hydrogen (secondary N) is 1. The van der Waals surface area contributed by atoms with Crippen molar-refractivity contribution < 1.29 is 14.2 Å². The lowest BCUT2D eigenvalue weighted by Crippen LogP contribution is -2.39.